The number of aromatic nitrogens is 1. The molecule has 0 aliphatic carbocycles. The summed E-state index contributed by atoms with van der Waals surface area (Å²) in [7, 11) is 0.299. The van der Waals surface area contributed by atoms with Gasteiger partial charge in [0, 0.05) is 26.2 Å². The number of fused-ring (bicyclic) bond motifs is 1. The van der Waals surface area contributed by atoms with E-state index in [-0.39, 0.29) is 17.3 Å². The SMILES string of the molecule is Cc1ccc(S(=O)(=O)N2CCCC(C(=O)N(CCN(C)C)c3nc4ccccc4s3)C2)cc1. The van der Waals surface area contributed by atoms with Crippen LogP contribution >= 0.6 is 11.3 Å². The highest BCUT2D eigenvalue weighted by molar-refractivity contribution is 7.89. The van der Waals surface area contributed by atoms with Crippen molar-refractivity contribution in [1.29, 1.82) is 0 Å². The zero-order valence-electron chi connectivity index (χ0n) is 19.3. The monoisotopic (exact) mass is 486 g/mol. The van der Waals surface area contributed by atoms with E-state index >= 15 is 0 Å². The second-order valence-electron chi connectivity index (χ2n) is 8.77. The van der Waals surface area contributed by atoms with Gasteiger partial charge in [0.2, 0.25) is 15.9 Å². The zero-order chi connectivity index (χ0) is 23.6. The number of nitrogens with zero attached hydrogens (tertiary/aromatic N) is 4. The highest BCUT2D eigenvalue weighted by atomic mass is 32.2. The number of hydrogen-bond acceptors (Lipinski definition) is 6. The Morgan fingerprint density at radius 1 is 1.12 bits per heavy atom. The highest BCUT2D eigenvalue weighted by Crippen LogP contribution is 2.31. The van der Waals surface area contributed by atoms with Crippen LogP contribution in [0.25, 0.3) is 10.2 Å². The Hall–Kier alpha value is -2.33. The molecule has 0 bridgehead atoms. The normalized spacial score (nSPS) is 17.5. The zero-order valence-corrected chi connectivity index (χ0v) is 20.9. The minimum absolute atomic E-state index is 0.0558. The van der Waals surface area contributed by atoms with Gasteiger partial charge in [-0.3, -0.25) is 9.69 Å². The van der Waals surface area contributed by atoms with Crippen LogP contribution in [0, 0.1) is 12.8 Å². The van der Waals surface area contributed by atoms with Crippen molar-refractivity contribution in [2.75, 3.05) is 45.2 Å². The summed E-state index contributed by atoms with van der Waals surface area (Å²) in [4.78, 5) is 22.5. The van der Waals surface area contributed by atoms with E-state index in [1.54, 1.807) is 29.2 Å². The van der Waals surface area contributed by atoms with Crippen LogP contribution in [0.3, 0.4) is 0 Å². The van der Waals surface area contributed by atoms with Crippen LogP contribution in [-0.4, -0.2) is 68.8 Å². The van der Waals surface area contributed by atoms with Gasteiger partial charge in [-0.2, -0.15) is 4.31 Å². The van der Waals surface area contributed by atoms with Crippen LogP contribution < -0.4 is 4.90 Å². The lowest BCUT2D eigenvalue weighted by Gasteiger charge is -2.34. The van der Waals surface area contributed by atoms with E-state index in [0.717, 1.165) is 15.8 Å². The number of carbonyl (C=O) groups excluding carboxylic acids is 1. The van der Waals surface area contributed by atoms with E-state index in [4.69, 9.17) is 4.98 Å². The smallest absolute Gasteiger partial charge is 0.243 e. The number of thiazole rings is 1. The van der Waals surface area contributed by atoms with Gasteiger partial charge in [0.15, 0.2) is 5.13 Å². The maximum Gasteiger partial charge on any atom is 0.243 e. The average Bonchev–Trinajstić information content (AvgIpc) is 3.23. The first kappa shape index (κ1) is 23.8. The van der Waals surface area contributed by atoms with E-state index in [1.807, 2.05) is 50.2 Å². The fraction of sp³-hybridized carbons (Fsp3) is 0.417. The number of benzene rings is 2. The van der Waals surface area contributed by atoms with Crippen LogP contribution in [0.15, 0.2) is 53.4 Å². The largest absolute Gasteiger partial charge is 0.308 e. The first-order valence-corrected chi connectivity index (χ1v) is 13.4. The Morgan fingerprint density at radius 3 is 2.55 bits per heavy atom. The van der Waals surface area contributed by atoms with Gasteiger partial charge >= 0.3 is 0 Å². The molecule has 1 aromatic heterocycles. The number of piperidine rings is 1. The van der Waals surface area contributed by atoms with Gasteiger partial charge < -0.3 is 4.90 Å². The lowest BCUT2D eigenvalue weighted by Crippen LogP contribution is -2.48. The van der Waals surface area contributed by atoms with E-state index in [1.165, 1.54) is 15.6 Å². The van der Waals surface area contributed by atoms with E-state index in [2.05, 4.69) is 0 Å². The molecule has 0 radical (unpaired) electrons. The van der Waals surface area contributed by atoms with Crippen molar-refractivity contribution in [3.63, 3.8) is 0 Å². The minimum Gasteiger partial charge on any atom is -0.308 e. The lowest BCUT2D eigenvalue weighted by molar-refractivity contribution is -0.123. The maximum absolute atomic E-state index is 13.7. The van der Waals surface area contributed by atoms with Crippen LogP contribution in [0.5, 0.6) is 0 Å². The number of likely N-dealkylation sites (N-methyl/N-ethyl adjacent to an activating group) is 1. The van der Waals surface area contributed by atoms with Crippen molar-refractivity contribution in [1.82, 2.24) is 14.2 Å². The van der Waals surface area contributed by atoms with Crippen molar-refractivity contribution in [3.05, 3.63) is 54.1 Å². The van der Waals surface area contributed by atoms with Crippen molar-refractivity contribution in [2.45, 2.75) is 24.7 Å². The molecular weight excluding hydrogens is 456 g/mol. The molecule has 0 saturated carbocycles. The summed E-state index contributed by atoms with van der Waals surface area (Å²) in [6.45, 7) is 3.75. The summed E-state index contributed by atoms with van der Waals surface area (Å²) >= 11 is 1.50. The molecule has 2 heterocycles. The van der Waals surface area contributed by atoms with Crippen LogP contribution in [-0.2, 0) is 14.8 Å². The Morgan fingerprint density at radius 2 is 1.85 bits per heavy atom. The second-order valence-corrected chi connectivity index (χ2v) is 11.7. The first-order valence-electron chi connectivity index (χ1n) is 11.1. The Balaban J connectivity index is 1.58. The van der Waals surface area contributed by atoms with E-state index in [9.17, 15) is 13.2 Å². The number of sulfonamides is 1. The molecule has 33 heavy (non-hydrogen) atoms. The van der Waals surface area contributed by atoms with Crippen molar-refractivity contribution in [2.24, 2.45) is 5.92 Å². The molecule has 1 unspecified atom stereocenters. The number of aryl methyl sites for hydroxylation is 1. The van der Waals surface area contributed by atoms with Crippen molar-refractivity contribution < 1.29 is 13.2 Å². The topological polar surface area (TPSA) is 73.8 Å². The molecule has 3 aromatic rings. The predicted octanol–water partition coefficient (Wildman–Crippen LogP) is 3.60. The molecule has 1 atom stereocenters. The van der Waals surface area contributed by atoms with Gasteiger partial charge in [-0.1, -0.05) is 41.2 Å². The number of carbonyl (C=O) groups is 1. The third kappa shape index (κ3) is 5.27. The number of amides is 1. The lowest BCUT2D eigenvalue weighted by atomic mass is 9.98. The standard InChI is InChI=1S/C24H30N4O3S2/c1-18-10-12-20(13-11-18)33(30,31)27-14-6-7-19(17-27)23(29)28(16-15-26(2)3)24-25-21-8-4-5-9-22(21)32-24/h4-5,8-13,19H,6-7,14-17H2,1-3H3. The number of anilines is 1. The molecular formula is C24H30N4O3S2. The number of hydrogen-bond donors (Lipinski definition) is 0. The molecule has 7 nitrogen and oxygen atoms in total. The van der Waals surface area contributed by atoms with Gasteiger partial charge in [0.25, 0.3) is 0 Å². The minimum atomic E-state index is -3.64. The molecule has 176 valence electrons. The van der Waals surface area contributed by atoms with Crippen LogP contribution in [0.1, 0.15) is 18.4 Å². The van der Waals surface area contributed by atoms with Gasteiger partial charge in [0.05, 0.1) is 21.0 Å². The summed E-state index contributed by atoms with van der Waals surface area (Å²) in [5.74, 6) is -0.451. The first-order chi connectivity index (χ1) is 15.8. The highest BCUT2D eigenvalue weighted by Gasteiger charge is 2.36. The molecule has 1 amide bonds. The number of para-hydroxylation sites is 1. The van der Waals surface area contributed by atoms with E-state index in [0.29, 0.717) is 37.6 Å². The summed E-state index contributed by atoms with van der Waals surface area (Å²) in [5, 5.41) is 0.668. The molecule has 0 N–H and O–H groups in total. The Kier molecular flexibility index (Phi) is 7.13. The predicted molar refractivity (Wildman–Crippen MR) is 133 cm³/mol. The molecule has 1 fully saturated rings. The van der Waals surface area contributed by atoms with Crippen LogP contribution in [0.2, 0.25) is 0 Å². The third-order valence-corrected chi connectivity index (χ3v) is 8.88. The molecule has 1 saturated heterocycles. The fourth-order valence-corrected chi connectivity index (χ4v) is 6.54. The summed E-state index contributed by atoms with van der Waals surface area (Å²) in [6, 6.07) is 14.7. The molecule has 9 heteroatoms. The van der Waals surface area contributed by atoms with Gasteiger partial charge in [-0.15, -0.1) is 0 Å². The van der Waals surface area contributed by atoms with Crippen LogP contribution in [0.4, 0.5) is 5.13 Å². The average molecular weight is 487 g/mol. The quantitative estimate of drug-likeness (QED) is 0.510. The Bertz CT molecular complexity index is 1190. The maximum atomic E-state index is 13.7. The molecule has 4 rings (SSSR count). The molecule has 1 aliphatic heterocycles. The van der Waals surface area contributed by atoms with Gasteiger partial charge in [-0.05, 0) is 58.1 Å². The molecule has 2 aromatic carbocycles. The fourth-order valence-electron chi connectivity index (χ4n) is 4.02. The van der Waals surface area contributed by atoms with Crippen molar-refractivity contribution >= 4 is 42.6 Å². The summed E-state index contributed by atoms with van der Waals surface area (Å²) in [6.07, 6.45) is 1.32. The number of rotatable bonds is 7. The third-order valence-electron chi connectivity index (χ3n) is 5.94. The van der Waals surface area contributed by atoms with Crippen molar-refractivity contribution in [3.8, 4) is 0 Å². The van der Waals surface area contributed by atoms with Gasteiger partial charge in [-0.25, -0.2) is 13.4 Å². The summed E-state index contributed by atoms with van der Waals surface area (Å²) in [5.41, 5.74) is 1.88. The molecule has 0 spiro atoms. The second kappa shape index (κ2) is 9.89. The Labute approximate surface area is 199 Å². The molecule has 1 aliphatic rings. The summed E-state index contributed by atoms with van der Waals surface area (Å²) < 4.78 is 28.9. The van der Waals surface area contributed by atoms with E-state index < -0.39 is 15.9 Å². The van der Waals surface area contributed by atoms with Gasteiger partial charge in [0.1, 0.15) is 0 Å².